The number of amides is 1. The SMILES string of the molecule is C[NH+]1CCN(C(=Nc2ccccc2)SCC(=O)Nc2ccc(F)c(Cl)c2)CC1. The predicted octanol–water partition coefficient (Wildman–Crippen LogP) is 2.67. The number of carbonyl (C=O) groups excluding carboxylic acids is 1. The topological polar surface area (TPSA) is 49.1 Å². The Balaban J connectivity index is 1.66. The van der Waals surface area contributed by atoms with Crippen LogP contribution in [0.2, 0.25) is 5.02 Å². The van der Waals surface area contributed by atoms with Gasteiger partial charge in [-0.05, 0) is 30.3 Å². The molecule has 2 N–H and O–H groups in total. The first-order chi connectivity index (χ1) is 13.5. The molecule has 148 valence electrons. The lowest BCUT2D eigenvalue weighted by molar-refractivity contribution is -0.883. The molecular weight excluding hydrogens is 399 g/mol. The van der Waals surface area contributed by atoms with E-state index in [1.54, 1.807) is 0 Å². The van der Waals surface area contributed by atoms with Crippen LogP contribution in [-0.4, -0.2) is 55.0 Å². The van der Waals surface area contributed by atoms with Gasteiger partial charge >= 0.3 is 0 Å². The van der Waals surface area contributed by atoms with Crippen LogP contribution in [0, 0.1) is 5.82 Å². The number of piperazine rings is 1. The zero-order valence-electron chi connectivity index (χ0n) is 15.6. The number of nitrogens with one attached hydrogen (secondary N) is 2. The summed E-state index contributed by atoms with van der Waals surface area (Å²) < 4.78 is 13.3. The summed E-state index contributed by atoms with van der Waals surface area (Å²) in [6, 6.07) is 13.9. The Morgan fingerprint density at radius 2 is 1.96 bits per heavy atom. The Morgan fingerprint density at radius 1 is 1.25 bits per heavy atom. The smallest absolute Gasteiger partial charge is 0.234 e. The quantitative estimate of drug-likeness (QED) is 0.589. The Bertz CT molecular complexity index is 841. The highest BCUT2D eigenvalue weighted by Gasteiger charge is 2.21. The summed E-state index contributed by atoms with van der Waals surface area (Å²) in [5.41, 5.74) is 1.34. The minimum absolute atomic E-state index is 0.0169. The van der Waals surface area contributed by atoms with E-state index in [2.05, 4.69) is 17.3 Å². The number of carbonyl (C=O) groups is 1. The Morgan fingerprint density at radius 3 is 2.64 bits per heavy atom. The largest absolute Gasteiger partial charge is 0.340 e. The fourth-order valence-corrected chi connectivity index (χ4v) is 3.84. The molecule has 0 aliphatic carbocycles. The second kappa shape index (κ2) is 9.91. The average Bonchev–Trinajstić information content (AvgIpc) is 2.69. The van der Waals surface area contributed by atoms with Crippen LogP contribution in [0.25, 0.3) is 0 Å². The zero-order valence-corrected chi connectivity index (χ0v) is 17.2. The van der Waals surface area contributed by atoms with E-state index in [4.69, 9.17) is 16.6 Å². The van der Waals surface area contributed by atoms with Gasteiger partial charge in [0.1, 0.15) is 5.82 Å². The minimum atomic E-state index is -0.511. The molecule has 0 unspecified atom stereocenters. The first-order valence-electron chi connectivity index (χ1n) is 9.09. The lowest BCUT2D eigenvalue weighted by atomic mass is 10.3. The highest BCUT2D eigenvalue weighted by Crippen LogP contribution is 2.21. The third-order valence-corrected chi connectivity index (χ3v) is 5.71. The van der Waals surface area contributed by atoms with Crippen molar-refractivity contribution in [3.8, 4) is 0 Å². The van der Waals surface area contributed by atoms with E-state index in [-0.39, 0.29) is 16.7 Å². The van der Waals surface area contributed by atoms with Crippen molar-refractivity contribution >= 4 is 45.8 Å². The summed E-state index contributed by atoms with van der Waals surface area (Å²) in [6.07, 6.45) is 0. The number of rotatable bonds is 4. The molecule has 0 saturated carbocycles. The number of likely N-dealkylation sites (N-methyl/N-ethyl adjacent to an activating group) is 1. The monoisotopic (exact) mass is 421 g/mol. The number of nitrogens with zero attached hydrogens (tertiary/aromatic N) is 2. The van der Waals surface area contributed by atoms with E-state index in [1.165, 1.54) is 34.9 Å². The number of benzene rings is 2. The van der Waals surface area contributed by atoms with Crippen molar-refractivity contribution in [1.29, 1.82) is 0 Å². The highest BCUT2D eigenvalue weighted by molar-refractivity contribution is 8.14. The number of anilines is 1. The third-order valence-electron chi connectivity index (χ3n) is 4.40. The fraction of sp³-hybridized carbons (Fsp3) is 0.300. The molecule has 1 fully saturated rings. The molecule has 0 bridgehead atoms. The maximum atomic E-state index is 13.3. The normalized spacial score (nSPS) is 15.5. The second-order valence-electron chi connectivity index (χ2n) is 6.64. The van der Waals surface area contributed by atoms with Crippen LogP contribution in [0.5, 0.6) is 0 Å². The Hall–Kier alpha value is -2.09. The fourth-order valence-electron chi connectivity index (χ4n) is 2.79. The number of para-hydroxylation sites is 1. The maximum Gasteiger partial charge on any atom is 0.234 e. The summed E-state index contributed by atoms with van der Waals surface area (Å²) in [5.74, 6) is -0.489. The molecule has 0 spiro atoms. The number of halogens is 2. The van der Waals surface area contributed by atoms with Crippen molar-refractivity contribution in [3.63, 3.8) is 0 Å². The van der Waals surface area contributed by atoms with Crippen molar-refractivity contribution in [3.05, 3.63) is 59.4 Å². The van der Waals surface area contributed by atoms with Crippen molar-refractivity contribution in [2.45, 2.75) is 0 Å². The molecular formula is C20H23ClFN4OS+. The van der Waals surface area contributed by atoms with Gasteiger partial charge in [-0.3, -0.25) is 4.79 Å². The van der Waals surface area contributed by atoms with Crippen LogP contribution in [0.15, 0.2) is 53.5 Å². The second-order valence-corrected chi connectivity index (χ2v) is 7.99. The van der Waals surface area contributed by atoms with Gasteiger partial charge in [0.05, 0.1) is 49.7 Å². The van der Waals surface area contributed by atoms with Gasteiger partial charge in [0.2, 0.25) is 5.91 Å². The lowest BCUT2D eigenvalue weighted by Gasteiger charge is -2.32. The van der Waals surface area contributed by atoms with Gasteiger partial charge in [-0.25, -0.2) is 9.38 Å². The van der Waals surface area contributed by atoms with Gasteiger partial charge in [-0.2, -0.15) is 0 Å². The van der Waals surface area contributed by atoms with Gasteiger partial charge in [0, 0.05) is 5.69 Å². The summed E-state index contributed by atoms with van der Waals surface area (Å²) in [6.45, 7) is 3.88. The molecule has 3 rings (SSSR count). The first kappa shape index (κ1) is 20.6. The van der Waals surface area contributed by atoms with Gasteiger partial charge in [0.15, 0.2) is 5.17 Å². The van der Waals surface area contributed by atoms with E-state index in [1.807, 2.05) is 30.3 Å². The lowest BCUT2D eigenvalue weighted by Crippen LogP contribution is -3.12. The van der Waals surface area contributed by atoms with Crippen LogP contribution < -0.4 is 10.2 Å². The van der Waals surface area contributed by atoms with E-state index in [0.29, 0.717) is 5.69 Å². The van der Waals surface area contributed by atoms with Crippen molar-refractivity contribution in [2.24, 2.45) is 4.99 Å². The molecule has 1 heterocycles. The molecule has 2 aromatic carbocycles. The summed E-state index contributed by atoms with van der Waals surface area (Å²) in [5, 5.41) is 3.57. The summed E-state index contributed by atoms with van der Waals surface area (Å²) in [4.78, 5) is 20.8. The number of hydrogen-bond acceptors (Lipinski definition) is 3. The molecule has 1 aliphatic rings. The van der Waals surface area contributed by atoms with E-state index in [0.717, 1.165) is 37.0 Å². The molecule has 1 amide bonds. The van der Waals surface area contributed by atoms with Crippen molar-refractivity contribution < 1.29 is 14.1 Å². The molecule has 1 saturated heterocycles. The molecule has 0 radical (unpaired) electrons. The summed E-state index contributed by atoms with van der Waals surface area (Å²) >= 11 is 7.18. The molecule has 8 heteroatoms. The van der Waals surface area contributed by atoms with Gasteiger partial charge in [0.25, 0.3) is 0 Å². The van der Waals surface area contributed by atoms with Gasteiger partial charge < -0.3 is 15.1 Å². The molecule has 28 heavy (non-hydrogen) atoms. The third kappa shape index (κ3) is 5.95. The number of thioether (sulfide) groups is 1. The zero-order chi connectivity index (χ0) is 19.9. The molecule has 5 nitrogen and oxygen atoms in total. The number of aliphatic imine (C=N–C) groups is 1. The van der Waals surface area contributed by atoms with Crippen LogP contribution >= 0.6 is 23.4 Å². The van der Waals surface area contributed by atoms with Crippen LogP contribution in [-0.2, 0) is 4.79 Å². The van der Waals surface area contributed by atoms with Crippen molar-refractivity contribution in [1.82, 2.24) is 4.90 Å². The van der Waals surface area contributed by atoms with Crippen LogP contribution in [0.1, 0.15) is 0 Å². The summed E-state index contributed by atoms with van der Waals surface area (Å²) in [7, 11) is 2.18. The molecule has 0 atom stereocenters. The standard InChI is InChI=1S/C20H22ClFN4OS/c1-25-9-11-26(12-10-25)20(24-15-5-3-2-4-6-15)28-14-19(27)23-16-7-8-18(22)17(21)13-16/h2-8,13H,9-12,14H2,1H3,(H,23,27)/p+1. The minimum Gasteiger partial charge on any atom is -0.340 e. The molecule has 2 aromatic rings. The highest BCUT2D eigenvalue weighted by atomic mass is 35.5. The Labute approximate surface area is 173 Å². The maximum absolute atomic E-state index is 13.3. The molecule has 1 aliphatic heterocycles. The van der Waals surface area contributed by atoms with Crippen LogP contribution in [0.4, 0.5) is 15.8 Å². The number of hydrogen-bond donors (Lipinski definition) is 2. The van der Waals surface area contributed by atoms with E-state index in [9.17, 15) is 9.18 Å². The van der Waals surface area contributed by atoms with Crippen LogP contribution in [0.3, 0.4) is 0 Å². The number of amidine groups is 1. The number of quaternary nitrogens is 1. The Kier molecular flexibility index (Phi) is 7.30. The molecule has 0 aromatic heterocycles. The van der Waals surface area contributed by atoms with Gasteiger partial charge in [-0.15, -0.1) is 0 Å². The van der Waals surface area contributed by atoms with Crippen molar-refractivity contribution in [2.75, 3.05) is 44.3 Å². The van der Waals surface area contributed by atoms with Gasteiger partial charge in [-0.1, -0.05) is 41.6 Å². The predicted molar refractivity (Wildman–Crippen MR) is 114 cm³/mol. The van der Waals surface area contributed by atoms with E-state index >= 15 is 0 Å². The van der Waals surface area contributed by atoms with E-state index < -0.39 is 5.82 Å². The average molecular weight is 422 g/mol. The first-order valence-corrected chi connectivity index (χ1v) is 10.5.